The Morgan fingerprint density at radius 3 is 1.58 bits per heavy atom. The van der Waals surface area contributed by atoms with Crippen LogP contribution in [0.25, 0.3) is 0 Å². The lowest BCUT2D eigenvalue weighted by molar-refractivity contribution is -0.160. The summed E-state index contributed by atoms with van der Waals surface area (Å²) in [5.74, 6) is -0.994. The van der Waals surface area contributed by atoms with Crippen molar-refractivity contribution >= 4 is 29.4 Å². The zero-order valence-electron chi connectivity index (χ0n) is 32.6. The highest BCUT2D eigenvalue weighted by molar-refractivity contribution is 6.32. The average molecular weight is 754 g/mol. The number of unbranched alkanes of at least 4 members (excludes halogenated alkanes) is 24. The molecule has 0 radical (unpaired) electrons. The van der Waals surface area contributed by atoms with Gasteiger partial charge in [-0.1, -0.05) is 180 Å². The number of halogens is 1. The molecule has 1 fully saturated rings. The summed E-state index contributed by atoms with van der Waals surface area (Å²) in [6.45, 7) is 4.26. The SMILES string of the molecule is CCCCCCCCCCCCCCCC(=O)OC[C@H]1O[C@@H](n2cc(Cl)c(N)nc2=O)[C@@H](O)[C@@H]1OC(=O)CCCCCCCCCCCCCCC. The topological polar surface area (TPSA) is 143 Å². The maximum Gasteiger partial charge on any atom is 0.351 e. The Kier molecular flexibility index (Phi) is 25.8. The van der Waals surface area contributed by atoms with E-state index in [1.807, 2.05) is 0 Å². The first-order valence-corrected chi connectivity index (χ1v) is 21.4. The van der Waals surface area contributed by atoms with Gasteiger partial charge in [-0.25, -0.2) is 4.79 Å². The Bertz CT molecular complexity index is 1150. The summed E-state index contributed by atoms with van der Waals surface area (Å²) >= 11 is 6.11. The molecule has 3 N–H and O–H groups in total. The second-order valence-electron chi connectivity index (χ2n) is 14.8. The van der Waals surface area contributed by atoms with Gasteiger partial charge in [0.05, 0.1) is 5.02 Å². The molecule has 0 bridgehead atoms. The van der Waals surface area contributed by atoms with Crippen LogP contribution in [0.2, 0.25) is 5.02 Å². The summed E-state index contributed by atoms with van der Waals surface area (Å²) < 4.78 is 18.2. The van der Waals surface area contributed by atoms with E-state index < -0.39 is 36.2 Å². The second kappa shape index (κ2) is 29.2. The number of hydrogen-bond acceptors (Lipinski definition) is 9. The molecule has 2 heterocycles. The lowest BCUT2D eigenvalue weighted by Gasteiger charge is -2.21. The van der Waals surface area contributed by atoms with E-state index in [9.17, 15) is 19.5 Å². The van der Waals surface area contributed by atoms with Crippen LogP contribution in [0.5, 0.6) is 0 Å². The zero-order chi connectivity index (χ0) is 37.8. The van der Waals surface area contributed by atoms with Crippen LogP contribution in [0.15, 0.2) is 11.0 Å². The summed E-state index contributed by atoms with van der Waals surface area (Å²) in [6.07, 6.45) is 28.3. The Morgan fingerprint density at radius 1 is 0.731 bits per heavy atom. The fourth-order valence-electron chi connectivity index (χ4n) is 6.90. The molecule has 0 aliphatic carbocycles. The minimum absolute atomic E-state index is 0.0130. The number of ether oxygens (including phenoxy) is 3. The number of hydrogen-bond donors (Lipinski definition) is 2. The van der Waals surface area contributed by atoms with Crippen molar-refractivity contribution in [1.29, 1.82) is 0 Å². The molecule has 4 atom stereocenters. The molecule has 300 valence electrons. The van der Waals surface area contributed by atoms with Crippen molar-refractivity contribution in [3.63, 3.8) is 0 Å². The number of nitrogens with zero attached hydrogens (tertiary/aromatic N) is 2. The van der Waals surface area contributed by atoms with Crippen molar-refractivity contribution in [2.24, 2.45) is 0 Å². The van der Waals surface area contributed by atoms with Crippen LogP contribution in [0.3, 0.4) is 0 Å². The van der Waals surface area contributed by atoms with Gasteiger partial charge >= 0.3 is 17.6 Å². The predicted octanol–water partition coefficient (Wildman–Crippen LogP) is 10.2. The number of carbonyl (C=O) groups is 2. The van der Waals surface area contributed by atoms with Crippen LogP contribution in [0.1, 0.15) is 200 Å². The minimum atomic E-state index is -1.42. The third kappa shape index (κ3) is 19.8. The zero-order valence-corrected chi connectivity index (χ0v) is 33.4. The Balaban J connectivity index is 1.72. The molecular formula is C41H72ClN3O7. The highest BCUT2D eigenvalue weighted by atomic mass is 35.5. The van der Waals surface area contributed by atoms with Crippen LogP contribution in [0, 0.1) is 0 Å². The highest BCUT2D eigenvalue weighted by Gasteiger charge is 2.48. The van der Waals surface area contributed by atoms with Gasteiger partial charge in [0, 0.05) is 19.0 Å². The monoisotopic (exact) mass is 754 g/mol. The Hall–Kier alpha value is -2.17. The van der Waals surface area contributed by atoms with E-state index in [0.29, 0.717) is 6.42 Å². The molecule has 0 amide bonds. The first kappa shape index (κ1) is 46.0. The number of nitrogens with two attached hydrogens (primary N) is 1. The lowest BCUT2D eigenvalue weighted by Crippen LogP contribution is -2.39. The number of anilines is 1. The molecule has 1 aromatic rings. The van der Waals surface area contributed by atoms with E-state index in [4.69, 9.17) is 31.5 Å². The summed E-state index contributed by atoms with van der Waals surface area (Å²) in [6, 6.07) is 0. The predicted molar refractivity (Wildman–Crippen MR) is 209 cm³/mol. The maximum absolute atomic E-state index is 12.9. The van der Waals surface area contributed by atoms with Crippen molar-refractivity contribution in [1.82, 2.24) is 9.55 Å². The van der Waals surface area contributed by atoms with Gasteiger partial charge in [-0.15, -0.1) is 0 Å². The smallest absolute Gasteiger partial charge is 0.351 e. The number of rotatable bonds is 32. The van der Waals surface area contributed by atoms with Gasteiger partial charge < -0.3 is 25.1 Å². The number of aromatic nitrogens is 2. The average Bonchev–Trinajstić information content (AvgIpc) is 3.43. The van der Waals surface area contributed by atoms with Gasteiger partial charge in [-0.3, -0.25) is 14.2 Å². The minimum Gasteiger partial charge on any atom is -0.463 e. The fraction of sp³-hybridized carbons (Fsp3) is 0.854. The molecule has 0 unspecified atom stereocenters. The first-order chi connectivity index (χ1) is 25.3. The van der Waals surface area contributed by atoms with Crippen molar-refractivity contribution in [2.45, 2.75) is 218 Å². The molecule has 0 spiro atoms. The number of aliphatic hydroxyl groups is 1. The molecule has 11 heteroatoms. The molecule has 1 saturated heterocycles. The van der Waals surface area contributed by atoms with E-state index in [-0.39, 0.29) is 36.3 Å². The van der Waals surface area contributed by atoms with Gasteiger partial charge in [-0.05, 0) is 12.8 Å². The molecule has 1 aliphatic rings. The molecule has 0 saturated carbocycles. The van der Waals surface area contributed by atoms with Crippen LogP contribution >= 0.6 is 11.6 Å². The quantitative estimate of drug-likeness (QED) is 0.0543. The number of aliphatic hydroxyl groups excluding tert-OH is 1. The standard InChI is InChI=1S/C41H72ClN3O7/c1-3-5-7-9-11-13-15-17-19-21-23-25-27-29-35(46)50-32-34-38(37(48)40(51-34)45-31-33(42)39(43)44-41(45)49)52-36(47)30-28-26-24-22-20-18-16-14-12-10-8-6-4-2/h31,34,37-38,40,48H,3-30,32H2,1-2H3,(H2,43,44,49)/t34-,37+,38-,40-/m1/s1. The molecule has 1 aromatic heterocycles. The third-order valence-corrected chi connectivity index (χ3v) is 10.5. The van der Waals surface area contributed by atoms with E-state index in [1.165, 1.54) is 128 Å². The van der Waals surface area contributed by atoms with E-state index >= 15 is 0 Å². The summed E-state index contributed by atoms with van der Waals surface area (Å²) in [4.78, 5) is 41.8. The molecule has 52 heavy (non-hydrogen) atoms. The van der Waals surface area contributed by atoms with Gasteiger partial charge in [0.25, 0.3) is 0 Å². The van der Waals surface area contributed by atoms with Crippen molar-refractivity contribution in [3.8, 4) is 0 Å². The van der Waals surface area contributed by atoms with Crippen LogP contribution in [-0.4, -0.2) is 51.5 Å². The first-order valence-electron chi connectivity index (χ1n) is 21.0. The van der Waals surface area contributed by atoms with Crippen LogP contribution in [-0.2, 0) is 23.8 Å². The van der Waals surface area contributed by atoms with E-state index in [2.05, 4.69) is 18.8 Å². The lowest BCUT2D eigenvalue weighted by atomic mass is 10.0. The van der Waals surface area contributed by atoms with Gasteiger partial charge in [0.2, 0.25) is 0 Å². The Morgan fingerprint density at radius 2 is 1.13 bits per heavy atom. The summed E-state index contributed by atoms with van der Waals surface area (Å²) in [5, 5.41) is 11.2. The Labute approximate surface area is 319 Å². The van der Waals surface area contributed by atoms with Crippen molar-refractivity contribution in [2.75, 3.05) is 12.3 Å². The normalized spacial score (nSPS) is 18.5. The van der Waals surface area contributed by atoms with Crippen LogP contribution < -0.4 is 11.4 Å². The number of nitrogen functional groups attached to an aromatic ring is 1. The molecule has 2 rings (SSSR count). The second-order valence-corrected chi connectivity index (χ2v) is 15.2. The molecule has 0 aromatic carbocycles. The molecule has 10 nitrogen and oxygen atoms in total. The summed E-state index contributed by atoms with van der Waals surface area (Å²) in [7, 11) is 0. The summed E-state index contributed by atoms with van der Waals surface area (Å²) in [5.41, 5.74) is 4.89. The largest absolute Gasteiger partial charge is 0.463 e. The van der Waals surface area contributed by atoms with Gasteiger partial charge in [-0.2, -0.15) is 4.98 Å². The fourth-order valence-corrected chi connectivity index (χ4v) is 7.05. The molecular weight excluding hydrogens is 682 g/mol. The third-order valence-electron chi connectivity index (χ3n) is 10.2. The van der Waals surface area contributed by atoms with Gasteiger partial charge in [0.15, 0.2) is 12.3 Å². The van der Waals surface area contributed by atoms with E-state index in [0.717, 1.165) is 43.1 Å². The number of esters is 2. The number of carbonyl (C=O) groups excluding carboxylic acids is 2. The van der Waals surface area contributed by atoms with Crippen molar-refractivity contribution in [3.05, 3.63) is 21.7 Å². The van der Waals surface area contributed by atoms with Crippen molar-refractivity contribution < 1.29 is 28.9 Å². The van der Waals surface area contributed by atoms with Gasteiger partial charge in [0.1, 0.15) is 24.6 Å². The van der Waals surface area contributed by atoms with Crippen LogP contribution in [0.4, 0.5) is 5.82 Å². The molecule has 1 aliphatic heterocycles. The highest BCUT2D eigenvalue weighted by Crippen LogP contribution is 2.32. The van der Waals surface area contributed by atoms with E-state index in [1.54, 1.807) is 0 Å². The maximum atomic E-state index is 12.9.